The molecule has 5 fully saturated rings. The number of aliphatic hydroxyl groups is 1. The lowest BCUT2D eigenvalue weighted by Crippen LogP contribution is -2.55. The quantitative estimate of drug-likeness (QED) is 0.755. The van der Waals surface area contributed by atoms with Crippen molar-refractivity contribution in [3.8, 4) is 0 Å². The molecule has 4 bridgehead atoms. The standard InChI is InChI=1S/C23H41NO2/c1-21(2)5-6-22(3,4)24(15-21)13-20(25)14-26-16-23-10-17-7-18(11-23)9-19(8-17)12-23/h17-20,25H,5-16H2,1-4H3. The molecule has 1 N–H and O–H groups in total. The third kappa shape index (κ3) is 4.00. The van der Waals surface area contributed by atoms with Gasteiger partial charge in [-0.05, 0) is 93.8 Å². The van der Waals surface area contributed by atoms with Crippen molar-refractivity contribution in [2.75, 3.05) is 26.3 Å². The number of β-amino-alcohol motifs (C(OH)–C–C–N with tert-alkyl or cyclic N) is 1. The highest BCUT2D eigenvalue weighted by Crippen LogP contribution is 2.60. The largest absolute Gasteiger partial charge is 0.389 e. The Morgan fingerprint density at radius 2 is 1.54 bits per heavy atom. The number of hydrogen-bond acceptors (Lipinski definition) is 3. The van der Waals surface area contributed by atoms with Gasteiger partial charge in [-0.2, -0.15) is 0 Å². The van der Waals surface area contributed by atoms with E-state index in [1.807, 2.05) is 0 Å². The molecule has 5 rings (SSSR count). The molecule has 3 nitrogen and oxygen atoms in total. The summed E-state index contributed by atoms with van der Waals surface area (Å²) in [5.74, 6) is 2.93. The fraction of sp³-hybridized carbons (Fsp3) is 1.00. The van der Waals surface area contributed by atoms with Crippen LogP contribution in [0.2, 0.25) is 0 Å². The van der Waals surface area contributed by atoms with E-state index < -0.39 is 0 Å². The summed E-state index contributed by atoms with van der Waals surface area (Å²) >= 11 is 0. The molecule has 1 heterocycles. The SMILES string of the molecule is CC1(C)CCC(C)(C)N(CC(O)COCC23CC4CC(CC(C4)C2)C3)C1. The molecule has 4 saturated carbocycles. The van der Waals surface area contributed by atoms with Crippen LogP contribution in [0.15, 0.2) is 0 Å². The number of likely N-dealkylation sites (tertiary alicyclic amines) is 1. The molecule has 5 aliphatic rings. The molecule has 0 aromatic rings. The minimum atomic E-state index is -0.364. The maximum Gasteiger partial charge on any atom is 0.0900 e. The Morgan fingerprint density at radius 1 is 0.962 bits per heavy atom. The summed E-state index contributed by atoms with van der Waals surface area (Å²) in [6, 6.07) is 0. The van der Waals surface area contributed by atoms with Gasteiger partial charge in [-0.3, -0.25) is 4.90 Å². The van der Waals surface area contributed by atoms with Crippen molar-refractivity contribution in [1.82, 2.24) is 4.90 Å². The van der Waals surface area contributed by atoms with Crippen LogP contribution in [0.25, 0.3) is 0 Å². The second-order valence-electron chi connectivity index (χ2n) is 11.9. The Balaban J connectivity index is 1.26. The van der Waals surface area contributed by atoms with E-state index in [0.29, 0.717) is 17.4 Å². The van der Waals surface area contributed by atoms with Gasteiger partial charge in [-0.1, -0.05) is 13.8 Å². The van der Waals surface area contributed by atoms with Crippen LogP contribution in [0, 0.1) is 28.6 Å². The number of nitrogens with zero attached hydrogens (tertiary/aromatic N) is 1. The smallest absolute Gasteiger partial charge is 0.0900 e. The lowest BCUT2D eigenvalue weighted by Gasteiger charge is -2.56. The minimum Gasteiger partial charge on any atom is -0.389 e. The molecule has 1 unspecified atom stereocenters. The number of aliphatic hydroxyl groups excluding tert-OH is 1. The van der Waals surface area contributed by atoms with Gasteiger partial charge in [0.15, 0.2) is 0 Å². The van der Waals surface area contributed by atoms with Crippen molar-refractivity contribution in [2.45, 2.75) is 90.7 Å². The molecule has 0 amide bonds. The van der Waals surface area contributed by atoms with Crippen LogP contribution in [0.1, 0.15) is 79.1 Å². The molecule has 150 valence electrons. The second-order valence-corrected chi connectivity index (χ2v) is 11.9. The highest BCUT2D eigenvalue weighted by atomic mass is 16.5. The van der Waals surface area contributed by atoms with E-state index in [9.17, 15) is 5.11 Å². The van der Waals surface area contributed by atoms with E-state index in [-0.39, 0.29) is 11.6 Å². The van der Waals surface area contributed by atoms with Crippen molar-refractivity contribution in [2.24, 2.45) is 28.6 Å². The van der Waals surface area contributed by atoms with Gasteiger partial charge in [0.05, 0.1) is 19.3 Å². The summed E-state index contributed by atoms with van der Waals surface area (Å²) < 4.78 is 6.17. The van der Waals surface area contributed by atoms with Crippen molar-refractivity contribution in [1.29, 1.82) is 0 Å². The first-order chi connectivity index (χ1) is 12.1. The summed E-state index contributed by atoms with van der Waals surface area (Å²) in [6.45, 7) is 12.6. The van der Waals surface area contributed by atoms with Crippen LogP contribution in [0.3, 0.4) is 0 Å². The van der Waals surface area contributed by atoms with Crippen LogP contribution >= 0.6 is 0 Å². The van der Waals surface area contributed by atoms with E-state index in [1.165, 1.54) is 51.4 Å². The zero-order valence-electron chi connectivity index (χ0n) is 17.6. The minimum absolute atomic E-state index is 0.191. The summed E-state index contributed by atoms with van der Waals surface area (Å²) in [6.07, 6.45) is 10.8. The first-order valence-electron chi connectivity index (χ1n) is 11.2. The fourth-order valence-corrected chi connectivity index (χ4v) is 7.11. The van der Waals surface area contributed by atoms with Crippen LogP contribution in [0.4, 0.5) is 0 Å². The van der Waals surface area contributed by atoms with Gasteiger partial charge >= 0.3 is 0 Å². The maximum absolute atomic E-state index is 10.7. The second kappa shape index (κ2) is 6.74. The molecule has 0 aromatic carbocycles. The molecule has 1 saturated heterocycles. The molecule has 26 heavy (non-hydrogen) atoms. The summed E-state index contributed by atoms with van der Waals surface area (Å²) in [5, 5.41) is 10.7. The molecule has 3 heteroatoms. The fourth-order valence-electron chi connectivity index (χ4n) is 7.11. The van der Waals surface area contributed by atoms with Gasteiger partial charge in [0.1, 0.15) is 0 Å². The van der Waals surface area contributed by atoms with Crippen molar-refractivity contribution in [3.05, 3.63) is 0 Å². The molecule has 0 spiro atoms. The average molecular weight is 364 g/mol. The van der Waals surface area contributed by atoms with E-state index in [0.717, 1.165) is 37.5 Å². The van der Waals surface area contributed by atoms with Crippen LogP contribution in [-0.2, 0) is 4.74 Å². The van der Waals surface area contributed by atoms with Crippen LogP contribution in [-0.4, -0.2) is 48.0 Å². The third-order valence-corrected chi connectivity index (χ3v) is 8.20. The van der Waals surface area contributed by atoms with E-state index >= 15 is 0 Å². The highest BCUT2D eigenvalue weighted by Gasteiger charge is 2.51. The van der Waals surface area contributed by atoms with Gasteiger partial charge in [0, 0.05) is 18.6 Å². The monoisotopic (exact) mass is 363 g/mol. The molecule has 4 aliphatic carbocycles. The van der Waals surface area contributed by atoms with Crippen molar-refractivity contribution < 1.29 is 9.84 Å². The van der Waals surface area contributed by atoms with E-state index in [2.05, 4.69) is 32.6 Å². The Hall–Kier alpha value is -0.120. The molecular formula is C23H41NO2. The summed E-state index contributed by atoms with van der Waals surface area (Å²) in [4.78, 5) is 2.50. The molecule has 0 aromatic heterocycles. The van der Waals surface area contributed by atoms with Gasteiger partial charge in [-0.15, -0.1) is 0 Å². The predicted molar refractivity (Wildman–Crippen MR) is 106 cm³/mol. The normalized spacial score (nSPS) is 42.1. The Kier molecular flexibility index (Phi) is 4.98. The van der Waals surface area contributed by atoms with Crippen molar-refractivity contribution in [3.63, 3.8) is 0 Å². The average Bonchev–Trinajstić information content (AvgIpc) is 2.50. The molecular weight excluding hydrogens is 322 g/mol. The highest BCUT2D eigenvalue weighted by molar-refractivity contribution is 5.01. The number of rotatable bonds is 6. The van der Waals surface area contributed by atoms with Gasteiger partial charge in [-0.25, -0.2) is 0 Å². The summed E-state index contributed by atoms with van der Waals surface area (Å²) in [7, 11) is 0. The van der Waals surface area contributed by atoms with Gasteiger partial charge in [0.25, 0.3) is 0 Å². The van der Waals surface area contributed by atoms with Gasteiger partial charge in [0.2, 0.25) is 0 Å². The van der Waals surface area contributed by atoms with Gasteiger partial charge < -0.3 is 9.84 Å². The third-order valence-electron chi connectivity index (χ3n) is 8.20. The number of hydrogen-bond donors (Lipinski definition) is 1. The zero-order chi connectivity index (χ0) is 18.6. The van der Waals surface area contributed by atoms with Crippen LogP contribution in [0.5, 0.6) is 0 Å². The molecule has 1 atom stereocenters. The maximum atomic E-state index is 10.7. The first kappa shape index (κ1) is 19.2. The summed E-state index contributed by atoms with van der Waals surface area (Å²) in [5.41, 5.74) is 1.01. The lowest BCUT2D eigenvalue weighted by molar-refractivity contribution is -0.110. The molecule has 1 aliphatic heterocycles. The van der Waals surface area contributed by atoms with Crippen molar-refractivity contribution >= 4 is 0 Å². The topological polar surface area (TPSA) is 32.7 Å². The molecule has 0 radical (unpaired) electrons. The zero-order valence-corrected chi connectivity index (χ0v) is 17.6. The number of piperidine rings is 1. The lowest BCUT2D eigenvalue weighted by atomic mass is 9.50. The van der Waals surface area contributed by atoms with Crippen LogP contribution < -0.4 is 0 Å². The number of ether oxygens (including phenoxy) is 1. The van der Waals surface area contributed by atoms with E-state index in [1.54, 1.807) is 0 Å². The predicted octanol–water partition coefficient (Wildman–Crippen LogP) is 4.48. The first-order valence-corrected chi connectivity index (χ1v) is 11.2. The van der Waals surface area contributed by atoms with E-state index in [4.69, 9.17) is 4.74 Å². The Labute approximate surface area is 160 Å². The Morgan fingerprint density at radius 3 is 2.12 bits per heavy atom. The Bertz CT molecular complexity index is 477.